The van der Waals surface area contributed by atoms with Gasteiger partial charge in [-0.2, -0.15) is 4.39 Å². The number of likely N-dealkylation sites (tertiary alicyclic amines) is 1. The van der Waals surface area contributed by atoms with Crippen LogP contribution in [0.3, 0.4) is 0 Å². The molecule has 1 saturated heterocycles. The molecule has 0 aliphatic carbocycles. The van der Waals surface area contributed by atoms with E-state index in [0.717, 1.165) is 12.8 Å². The lowest BCUT2D eigenvalue weighted by atomic mass is 10.1. The van der Waals surface area contributed by atoms with Crippen molar-refractivity contribution in [2.75, 3.05) is 32.9 Å². The number of hydrogen-bond donors (Lipinski definition) is 0. The third kappa shape index (κ3) is 4.47. The standard InChI is InChI=1S/C15H21FN2O3/c1-2-20-10-11-21-12-5-8-18(9-6-12)15(19)13-4-3-7-17-14(13)16/h3-4,7,12H,2,5-6,8-11H2,1H3. The topological polar surface area (TPSA) is 51.7 Å². The molecule has 0 aromatic carbocycles. The van der Waals surface area contributed by atoms with Crippen molar-refractivity contribution in [3.63, 3.8) is 0 Å². The highest BCUT2D eigenvalue weighted by Gasteiger charge is 2.25. The molecule has 0 spiro atoms. The number of amides is 1. The molecule has 0 bridgehead atoms. The van der Waals surface area contributed by atoms with Crippen LogP contribution in [0.25, 0.3) is 0 Å². The Kier molecular flexibility index (Phi) is 6.07. The molecule has 0 radical (unpaired) electrons. The van der Waals surface area contributed by atoms with Gasteiger partial charge in [0.05, 0.1) is 24.9 Å². The summed E-state index contributed by atoms with van der Waals surface area (Å²) in [6.45, 7) is 4.95. The fourth-order valence-corrected chi connectivity index (χ4v) is 2.36. The minimum atomic E-state index is -0.711. The Hall–Kier alpha value is -1.53. The predicted molar refractivity (Wildman–Crippen MR) is 75.6 cm³/mol. The highest BCUT2D eigenvalue weighted by molar-refractivity contribution is 5.94. The van der Waals surface area contributed by atoms with Crippen molar-refractivity contribution in [3.8, 4) is 0 Å². The van der Waals surface area contributed by atoms with E-state index in [9.17, 15) is 9.18 Å². The summed E-state index contributed by atoms with van der Waals surface area (Å²) in [6, 6.07) is 3.04. The van der Waals surface area contributed by atoms with Gasteiger partial charge in [0.15, 0.2) is 0 Å². The number of piperidine rings is 1. The lowest BCUT2D eigenvalue weighted by Crippen LogP contribution is -2.41. The van der Waals surface area contributed by atoms with E-state index in [4.69, 9.17) is 9.47 Å². The molecule has 1 fully saturated rings. The smallest absolute Gasteiger partial charge is 0.258 e. The maximum atomic E-state index is 13.5. The molecule has 2 rings (SSSR count). The van der Waals surface area contributed by atoms with E-state index in [1.54, 1.807) is 11.0 Å². The first-order valence-electron chi connectivity index (χ1n) is 7.31. The summed E-state index contributed by atoms with van der Waals surface area (Å²) in [5.41, 5.74) is 0.0354. The second-order valence-corrected chi connectivity index (χ2v) is 4.90. The van der Waals surface area contributed by atoms with Crippen molar-refractivity contribution in [2.45, 2.75) is 25.9 Å². The predicted octanol–water partition coefficient (Wildman–Crippen LogP) is 1.88. The van der Waals surface area contributed by atoms with Gasteiger partial charge < -0.3 is 14.4 Å². The van der Waals surface area contributed by atoms with Gasteiger partial charge in [0.1, 0.15) is 0 Å². The third-order valence-electron chi connectivity index (χ3n) is 3.50. The normalized spacial score (nSPS) is 16.2. The number of halogens is 1. The van der Waals surface area contributed by atoms with E-state index >= 15 is 0 Å². The number of ether oxygens (including phenoxy) is 2. The average Bonchev–Trinajstić information content (AvgIpc) is 2.52. The molecule has 0 atom stereocenters. The van der Waals surface area contributed by atoms with Gasteiger partial charge in [0.2, 0.25) is 5.95 Å². The van der Waals surface area contributed by atoms with Crippen LogP contribution in [0.1, 0.15) is 30.1 Å². The van der Waals surface area contributed by atoms with Crippen LogP contribution in [0.15, 0.2) is 18.3 Å². The second kappa shape index (κ2) is 8.05. The van der Waals surface area contributed by atoms with Gasteiger partial charge in [-0.1, -0.05) is 0 Å². The van der Waals surface area contributed by atoms with E-state index in [1.807, 2.05) is 6.92 Å². The largest absolute Gasteiger partial charge is 0.379 e. The zero-order valence-electron chi connectivity index (χ0n) is 12.3. The summed E-state index contributed by atoms with van der Waals surface area (Å²) in [6.07, 6.45) is 3.01. The molecule has 5 nitrogen and oxygen atoms in total. The molecule has 0 unspecified atom stereocenters. The number of carbonyl (C=O) groups excluding carboxylic acids is 1. The summed E-state index contributed by atoms with van der Waals surface area (Å²) in [5.74, 6) is -1.01. The highest BCUT2D eigenvalue weighted by atomic mass is 19.1. The van der Waals surface area contributed by atoms with Crippen LogP contribution < -0.4 is 0 Å². The van der Waals surface area contributed by atoms with Gasteiger partial charge in [-0.15, -0.1) is 0 Å². The molecule has 116 valence electrons. The van der Waals surface area contributed by atoms with Crippen LogP contribution in [-0.4, -0.2) is 54.8 Å². The van der Waals surface area contributed by atoms with Crippen molar-refractivity contribution in [1.29, 1.82) is 0 Å². The van der Waals surface area contributed by atoms with Crippen LogP contribution in [-0.2, 0) is 9.47 Å². The molecule has 1 aliphatic rings. The van der Waals surface area contributed by atoms with Gasteiger partial charge in [-0.05, 0) is 31.9 Å². The van der Waals surface area contributed by atoms with E-state index in [2.05, 4.69) is 4.98 Å². The minimum absolute atomic E-state index is 0.0354. The van der Waals surface area contributed by atoms with Crippen molar-refractivity contribution in [3.05, 3.63) is 29.8 Å². The summed E-state index contributed by atoms with van der Waals surface area (Å²) < 4.78 is 24.4. The van der Waals surface area contributed by atoms with Gasteiger partial charge in [-0.25, -0.2) is 4.98 Å². The molecule has 2 heterocycles. The Morgan fingerprint density at radius 3 is 2.86 bits per heavy atom. The summed E-state index contributed by atoms with van der Waals surface area (Å²) in [7, 11) is 0. The number of nitrogens with zero attached hydrogens (tertiary/aromatic N) is 2. The fourth-order valence-electron chi connectivity index (χ4n) is 2.36. The monoisotopic (exact) mass is 296 g/mol. The number of carbonyl (C=O) groups is 1. The molecule has 21 heavy (non-hydrogen) atoms. The minimum Gasteiger partial charge on any atom is -0.379 e. The Labute approximate surface area is 124 Å². The van der Waals surface area contributed by atoms with Gasteiger partial charge in [0.25, 0.3) is 5.91 Å². The van der Waals surface area contributed by atoms with Crippen molar-refractivity contribution in [1.82, 2.24) is 9.88 Å². The van der Waals surface area contributed by atoms with Crippen LogP contribution >= 0.6 is 0 Å². The second-order valence-electron chi connectivity index (χ2n) is 4.90. The van der Waals surface area contributed by atoms with Crippen LogP contribution in [0, 0.1) is 5.95 Å². The van der Waals surface area contributed by atoms with Crippen LogP contribution in [0.4, 0.5) is 4.39 Å². The molecule has 1 amide bonds. The molecule has 1 aromatic heterocycles. The maximum Gasteiger partial charge on any atom is 0.258 e. The average molecular weight is 296 g/mol. The molecule has 1 aromatic rings. The molecular weight excluding hydrogens is 275 g/mol. The lowest BCUT2D eigenvalue weighted by Gasteiger charge is -2.32. The summed E-state index contributed by atoms with van der Waals surface area (Å²) in [5, 5.41) is 0. The Morgan fingerprint density at radius 1 is 1.43 bits per heavy atom. The Balaban J connectivity index is 1.78. The molecular formula is C15H21FN2O3. The number of aromatic nitrogens is 1. The Bertz CT molecular complexity index is 462. The van der Waals surface area contributed by atoms with E-state index < -0.39 is 5.95 Å². The quantitative estimate of drug-likeness (QED) is 0.594. The zero-order chi connectivity index (χ0) is 15.1. The first-order chi connectivity index (χ1) is 10.2. The van der Waals surface area contributed by atoms with Gasteiger partial charge in [-0.3, -0.25) is 4.79 Å². The fraction of sp³-hybridized carbons (Fsp3) is 0.600. The summed E-state index contributed by atoms with van der Waals surface area (Å²) >= 11 is 0. The zero-order valence-corrected chi connectivity index (χ0v) is 12.3. The Morgan fingerprint density at radius 2 is 2.19 bits per heavy atom. The first kappa shape index (κ1) is 15.9. The molecule has 0 saturated carbocycles. The van der Waals surface area contributed by atoms with Gasteiger partial charge in [0, 0.05) is 25.9 Å². The lowest BCUT2D eigenvalue weighted by molar-refractivity contribution is -0.0183. The number of hydrogen-bond acceptors (Lipinski definition) is 4. The van der Waals surface area contributed by atoms with Crippen molar-refractivity contribution >= 4 is 5.91 Å². The van der Waals surface area contributed by atoms with Crippen LogP contribution in [0.2, 0.25) is 0 Å². The third-order valence-corrected chi connectivity index (χ3v) is 3.50. The van der Waals surface area contributed by atoms with E-state index in [-0.39, 0.29) is 17.6 Å². The van der Waals surface area contributed by atoms with E-state index in [1.165, 1.54) is 12.3 Å². The number of rotatable bonds is 6. The van der Waals surface area contributed by atoms with Crippen molar-refractivity contribution in [2.24, 2.45) is 0 Å². The summed E-state index contributed by atoms with van der Waals surface area (Å²) in [4.78, 5) is 17.4. The molecule has 0 N–H and O–H groups in total. The highest BCUT2D eigenvalue weighted by Crippen LogP contribution is 2.17. The molecule has 6 heteroatoms. The maximum absolute atomic E-state index is 13.5. The number of pyridine rings is 1. The van der Waals surface area contributed by atoms with Crippen molar-refractivity contribution < 1.29 is 18.7 Å². The van der Waals surface area contributed by atoms with Crippen LogP contribution in [0.5, 0.6) is 0 Å². The van der Waals surface area contributed by atoms with E-state index in [0.29, 0.717) is 32.9 Å². The SMILES string of the molecule is CCOCCOC1CCN(C(=O)c2cccnc2F)CC1. The molecule has 1 aliphatic heterocycles. The van der Waals surface area contributed by atoms with Gasteiger partial charge >= 0.3 is 0 Å². The first-order valence-corrected chi connectivity index (χ1v) is 7.31.